The molecule has 0 amide bonds. The second-order valence-electron chi connectivity index (χ2n) is 16.4. The lowest BCUT2D eigenvalue weighted by Crippen LogP contribution is -2.16. The number of hydrogen-bond donors (Lipinski definition) is 0. The van der Waals surface area contributed by atoms with Crippen LogP contribution in [0.1, 0.15) is 25.0 Å². The number of benzene rings is 10. The van der Waals surface area contributed by atoms with Crippen molar-refractivity contribution in [1.82, 2.24) is 0 Å². The maximum atomic E-state index is 6.92. The van der Waals surface area contributed by atoms with E-state index >= 15 is 0 Å². The number of para-hydroxylation sites is 1. The Labute approximate surface area is 343 Å². The van der Waals surface area contributed by atoms with E-state index < -0.39 is 0 Å². The quantitative estimate of drug-likeness (QED) is 0.163. The zero-order valence-electron chi connectivity index (χ0n) is 32.9. The molecular formula is C57H39NO. The second kappa shape index (κ2) is 12.8. The molecule has 12 rings (SSSR count). The molecule has 0 radical (unpaired) electrons. The van der Waals surface area contributed by atoms with Crippen molar-refractivity contribution in [2.24, 2.45) is 0 Å². The van der Waals surface area contributed by atoms with E-state index in [0.29, 0.717) is 0 Å². The van der Waals surface area contributed by atoms with Crippen molar-refractivity contribution in [3.63, 3.8) is 0 Å². The van der Waals surface area contributed by atoms with Crippen molar-refractivity contribution in [1.29, 1.82) is 0 Å². The summed E-state index contributed by atoms with van der Waals surface area (Å²) in [7, 11) is 0. The molecule has 1 aromatic heterocycles. The summed E-state index contributed by atoms with van der Waals surface area (Å²) in [6, 6.07) is 73.2. The summed E-state index contributed by atoms with van der Waals surface area (Å²) in [6.45, 7) is 4.71. The minimum absolute atomic E-state index is 0.147. The number of fused-ring (bicyclic) bond motifs is 10. The number of hydrogen-bond acceptors (Lipinski definition) is 2. The molecule has 1 aliphatic rings. The van der Waals surface area contributed by atoms with Gasteiger partial charge in [-0.15, -0.1) is 0 Å². The highest BCUT2D eigenvalue weighted by molar-refractivity contribution is 6.18. The number of nitrogens with zero attached hydrogens (tertiary/aromatic N) is 1. The van der Waals surface area contributed by atoms with E-state index in [1.54, 1.807) is 0 Å². The van der Waals surface area contributed by atoms with Gasteiger partial charge in [-0.2, -0.15) is 0 Å². The van der Waals surface area contributed by atoms with E-state index in [1.807, 2.05) is 0 Å². The molecule has 1 heterocycles. The second-order valence-corrected chi connectivity index (χ2v) is 16.4. The van der Waals surface area contributed by atoms with Crippen LogP contribution in [0.2, 0.25) is 0 Å². The Bertz CT molecular complexity index is 3480. The molecule has 278 valence electrons. The lowest BCUT2D eigenvalue weighted by Gasteiger charge is -2.30. The zero-order valence-corrected chi connectivity index (χ0v) is 32.9. The highest BCUT2D eigenvalue weighted by Gasteiger charge is 2.38. The predicted octanol–water partition coefficient (Wildman–Crippen LogP) is 16.2. The van der Waals surface area contributed by atoms with E-state index in [2.05, 4.69) is 219 Å². The first kappa shape index (κ1) is 33.7. The van der Waals surface area contributed by atoms with Crippen molar-refractivity contribution in [3.05, 3.63) is 211 Å². The summed E-state index contributed by atoms with van der Waals surface area (Å²) in [5.74, 6) is 0. The van der Waals surface area contributed by atoms with Crippen molar-refractivity contribution < 1.29 is 4.42 Å². The Hall–Kier alpha value is -7.42. The molecule has 0 unspecified atom stereocenters. The fourth-order valence-electron chi connectivity index (χ4n) is 9.99. The van der Waals surface area contributed by atoms with Crippen LogP contribution in [0.15, 0.2) is 205 Å². The first-order chi connectivity index (χ1) is 29.0. The molecule has 1 aliphatic carbocycles. The van der Waals surface area contributed by atoms with Gasteiger partial charge in [0.25, 0.3) is 0 Å². The Morgan fingerprint density at radius 1 is 0.407 bits per heavy atom. The minimum Gasteiger partial charge on any atom is -0.455 e. The third-order valence-electron chi connectivity index (χ3n) is 12.8. The van der Waals surface area contributed by atoms with Crippen LogP contribution < -0.4 is 4.90 Å². The van der Waals surface area contributed by atoms with E-state index in [9.17, 15) is 0 Å². The highest BCUT2D eigenvalue weighted by atomic mass is 16.3. The Kier molecular flexibility index (Phi) is 7.31. The van der Waals surface area contributed by atoms with E-state index in [-0.39, 0.29) is 5.41 Å². The molecule has 0 spiro atoms. The monoisotopic (exact) mass is 753 g/mol. The molecule has 0 N–H and O–H groups in total. The van der Waals surface area contributed by atoms with Crippen molar-refractivity contribution in [3.8, 4) is 33.4 Å². The van der Waals surface area contributed by atoms with E-state index in [1.165, 1.54) is 65.7 Å². The molecule has 0 atom stereocenters. The molecule has 2 nitrogen and oxygen atoms in total. The van der Waals surface area contributed by atoms with Crippen LogP contribution in [0.5, 0.6) is 0 Å². The summed E-state index contributed by atoms with van der Waals surface area (Å²) < 4.78 is 6.92. The SMILES string of the molecule is CC1(C)c2ccccc2-c2c(N(c3ccc(-c4cc5ccccc5c5ccccc45)cc3)c3ccc(-c4ccc5ccccc5c4)c4oc5ccccc5c34)cccc21. The van der Waals surface area contributed by atoms with Crippen molar-refractivity contribution in [2.75, 3.05) is 4.90 Å². The molecule has 0 aliphatic heterocycles. The third-order valence-corrected chi connectivity index (χ3v) is 12.8. The maximum absolute atomic E-state index is 6.92. The van der Waals surface area contributed by atoms with Gasteiger partial charge in [-0.05, 0) is 114 Å². The molecular weight excluding hydrogens is 715 g/mol. The zero-order chi connectivity index (χ0) is 39.2. The van der Waals surface area contributed by atoms with Gasteiger partial charge in [0.1, 0.15) is 11.2 Å². The largest absolute Gasteiger partial charge is 0.455 e. The Morgan fingerprint density at radius 2 is 1.07 bits per heavy atom. The highest BCUT2D eigenvalue weighted by Crippen LogP contribution is 2.55. The van der Waals surface area contributed by atoms with Gasteiger partial charge >= 0.3 is 0 Å². The molecule has 10 aromatic carbocycles. The van der Waals surface area contributed by atoms with Gasteiger partial charge in [0.15, 0.2) is 0 Å². The lowest BCUT2D eigenvalue weighted by molar-refractivity contribution is 0.660. The van der Waals surface area contributed by atoms with Gasteiger partial charge in [-0.3, -0.25) is 0 Å². The van der Waals surface area contributed by atoms with Crippen LogP contribution in [-0.2, 0) is 5.41 Å². The van der Waals surface area contributed by atoms with Crippen LogP contribution >= 0.6 is 0 Å². The molecule has 0 fully saturated rings. The topological polar surface area (TPSA) is 16.4 Å². The fraction of sp³-hybridized carbons (Fsp3) is 0.0526. The molecule has 0 saturated heterocycles. The predicted molar refractivity (Wildman–Crippen MR) is 249 cm³/mol. The summed E-state index contributed by atoms with van der Waals surface area (Å²) in [6.07, 6.45) is 0. The number of rotatable bonds is 5. The molecule has 0 bridgehead atoms. The van der Waals surface area contributed by atoms with Crippen LogP contribution in [0.25, 0.3) is 87.6 Å². The van der Waals surface area contributed by atoms with E-state index in [0.717, 1.165) is 50.1 Å². The summed E-state index contributed by atoms with van der Waals surface area (Å²) in [5, 5.41) is 9.67. The van der Waals surface area contributed by atoms with Crippen molar-refractivity contribution >= 4 is 71.3 Å². The average Bonchev–Trinajstić information content (AvgIpc) is 3.79. The Morgan fingerprint density at radius 3 is 1.92 bits per heavy atom. The average molecular weight is 754 g/mol. The summed E-state index contributed by atoms with van der Waals surface area (Å²) in [5.41, 5.74) is 14.8. The maximum Gasteiger partial charge on any atom is 0.145 e. The lowest BCUT2D eigenvalue weighted by atomic mass is 9.82. The minimum atomic E-state index is -0.147. The number of furan rings is 1. The fourth-order valence-corrected chi connectivity index (χ4v) is 9.99. The van der Waals surface area contributed by atoms with Crippen LogP contribution in [0.4, 0.5) is 17.1 Å². The molecule has 0 saturated carbocycles. The summed E-state index contributed by atoms with van der Waals surface area (Å²) >= 11 is 0. The van der Waals surface area contributed by atoms with Gasteiger partial charge in [0.2, 0.25) is 0 Å². The molecule has 2 heteroatoms. The normalized spacial score (nSPS) is 13.1. The first-order valence-corrected chi connectivity index (χ1v) is 20.5. The summed E-state index contributed by atoms with van der Waals surface area (Å²) in [4.78, 5) is 2.48. The van der Waals surface area contributed by atoms with Gasteiger partial charge in [0, 0.05) is 27.6 Å². The smallest absolute Gasteiger partial charge is 0.145 e. The number of anilines is 3. The first-order valence-electron chi connectivity index (χ1n) is 20.5. The van der Waals surface area contributed by atoms with Gasteiger partial charge < -0.3 is 9.32 Å². The van der Waals surface area contributed by atoms with Crippen LogP contribution in [0.3, 0.4) is 0 Å². The van der Waals surface area contributed by atoms with Gasteiger partial charge in [-0.1, -0.05) is 166 Å². The molecule has 59 heavy (non-hydrogen) atoms. The van der Waals surface area contributed by atoms with E-state index in [4.69, 9.17) is 4.42 Å². The molecule has 11 aromatic rings. The third kappa shape index (κ3) is 5.06. The van der Waals surface area contributed by atoms with Gasteiger partial charge in [0.05, 0.1) is 16.8 Å². The standard InChI is InChI=1S/C57H39NO/c1-57(2)49-22-11-9-20-46(49)54-50(57)23-13-24-51(54)58(41-30-28-37(29-31-41)48-35-39-16-5-6-17-42(39)44-18-7-8-19-45(44)48)52-33-32-43(40-27-26-36-14-3-4-15-38(36)34-40)56-55(52)47-21-10-12-25-53(47)59-56/h3-35H,1-2H3. The van der Waals surface area contributed by atoms with Crippen molar-refractivity contribution in [2.45, 2.75) is 19.3 Å². The Balaban J connectivity index is 1.12. The van der Waals surface area contributed by atoms with Crippen LogP contribution in [-0.4, -0.2) is 0 Å². The van der Waals surface area contributed by atoms with Gasteiger partial charge in [-0.25, -0.2) is 0 Å². The van der Waals surface area contributed by atoms with Crippen LogP contribution in [0, 0.1) is 0 Å².